The maximum atomic E-state index is 8.35. The van der Waals surface area contributed by atoms with Crippen LogP contribution >= 0.6 is 15.9 Å². The fourth-order valence-corrected chi connectivity index (χ4v) is 1.50. The molecule has 1 rings (SSSR count). The molecule has 0 heterocycles. The molecule has 0 saturated heterocycles. The molecule has 0 amide bonds. The number of oxime groups is 1. The van der Waals surface area contributed by atoms with Crippen molar-refractivity contribution in [2.75, 3.05) is 0 Å². The van der Waals surface area contributed by atoms with Crippen LogP contribution < -0.4 is 4.74 Å². The summed E-state index contributed by atoms with van der Waals surface area (Å²) in [5, 5.41) is 11.3. The van der Waals surface area contributed by atoms with E-state index < -0.39 is 0 Å². The molecular formula is C10H12BrNO2. The first-order valence-electron chi connectivity index (χ1n) is 4.27. The number of ether oxygens (including phenoxy) is 1. The average Bonchev–Trinajstić information content (AvgIpc) is 2.10. The van der Waals surface area contributed by atoms with Crippen LogP contribution in [0.5, 0.6) is 5.75 Å². The van der Waals surface area contributed by atoms with E-state index in [0.29, 0.717) is 0 Å². The van der Waals surface area contributed by atoms with Crippen molar-refractivity contribution < 1.29 is 9.94 Å². The van der Waals surface area contributed by atoms with E-state index in [1.165, 1.54) is 6.21 Å². The van der Waals surface area contributed by atoms with Crippen LogP contribution in [0.3, 0.4) is 0 Å². The second-order valence-electron chi connectivity index (χ2n) is 3.10. The van der Waals surface area contributed by atoms with E-state index >= 15 is 0 Å². The Morgan fingerprint density at radius 1 is 1.50 bits per heavy atom. The fourth-order valence-electron chi connectivity index (χ4n) is 1.01. The van der Waals surface area contributed by atoms with Gasteiger partial charge in [-0.1, -0.05) is 5.16 Å². The van der Waals surface area contributed by atoms with Gasteiger partial charge in [0.2, 0.25) is 0 Å². The highest BCUT2D eigenvalue weighted by Gasteiger charge is 2.03. The minimum Gasteiger partial charge on any atom is -0.490 e. The van der Waals surface area contributed by atoms with E-state index in [4.69, 9.17) is 9.94 Å². The van der Waals surface area contributed by atoms with Crippen molar-refractivity contribution in [1.29, 1.82) is 0 Å². The standard InChI is InChI=1S/C10H12BrNO2/c1-7(2)14-10-4-3-8(6-12-13)5-9(10)11/h3-7,13H,1-2H3/b12-6-. The highest BCUT2D eigenvalue weighted by atomic mass is 79.9. The Hall–Kier alpha value is -1.03. The average molecular weight is 258 g/mol. The number of hydrogen-bond acceptors (Lipinski definition) is 3. The van der Waals surface area contributed by atoms with Gasteiger partial charge in [0.25, 0.3) is 0 Å². The Bertz CT molecular complexity index is 337. The molecular weight excluding hydrogens is 246 g/mol. The van der Waals surface area contributed by atoms with Crippen molar-refractivity contribution >= 4 is 22.1 Å². The third-order valence-corrected chi connectivity index (χ3v) is 2.15. The smallest absolute Gasteiger partial charge is 0.133 e. The monoisotopic (exact) mass is 257 g/mol. The number of hydrogen-bond donors (Lipinski definition) is 1. The maximum absolute atomic E-state index is 8.35. The molecule has 0 radical (unpaired) electrons. The summed E-state index contributed by atoms with van der Waals surface area (Å²) in [5.41, 5.74) is 0.815. The van der Waals surface area contributed by atoms with Crippen molar-refractivity contribution in [1.82, 2.24) is 0 Å². The molecule has 0 fully saturated rings. The molecule has 14 heavy (non-hydrogen) atoms. The first kappa shape index (κ1) is 11.0. The Balaban J connectivity index is 2.89. The van der Waals surface area contributed by atoms with Gasteiger partial charge in [-0.25, -0.2) is 0 Å². The van der Waals surface area contributed by atoms with E-state index in [1.54, 1.807) is 0 Å². The summed E-state index contributed by atoms with van der Waals surface area (Å²) < 4.78 is 6.37. The Morgan fingerprint density at radius 2 is 2.21 bits per heavy atom. The minimum absolute atomic E-state index is 0.142. The predicted molar refractivity (Wildman–Crippen MR) is 59.3 cm³/mol. The van der Waals surface area contributed by atoms with Gasteiger partial charge >= 0.3 is 0 Å². The molecule has 0 bridgehead atoms. The number of nitrogens with zero attached hydrogens (tertiary/aromatic N) is 1. The predicted octanol–water partition coefficient (Wildman–Crippen LogP) is 3.04. The Labute approximate surface area is 91.5 Å². The normalized spacial score (nSPS) is 11.1. The van der Waals surface area contributed by atoms with Gasteiger partial charge in [0.15, 0.2) is 0 Å². The minimum atomic E-state index is 0.142. The van der Waals surface area contributed by atoms with Gasteiger partial charge in [0.05, 0.1) is 16.8 Å². The largest absolute Gasteiger partial charge is 0.490 e. The van der Waals surface area contributed by atoms with E-state index in [2.05, 4.69) is 21.1 Å². The Morgan fingerprint density at radius 3 is 2.71 bits per heavy atom. The summed E-state index contributed by atoms with van der Waals surface area (Å²) in [5.74, 6) is 0.787. The van der Waals surface area contributed by atoms with Gasteiger partial charge < -0.3 is 9.94 Å². The molecule has 0 aliphatic rings. The third kappa shape index (κ3) is 3.03. The lowest BCUT2D eigenvalue weighted by atomic mass is 10.2. The second kappa shape index (κ2) is 5.00. The second-order valence-corrected chi connectivity index (χ2v) is 3.96. The van der Waals surface area contributed by atoms with Crippen LogP contribution in [-0.2, 0) is 0 Å². The van der Waals surface area contributed by atoms with Gasteiger partial charge in [-0.2, -0.15) is 0 Å². The Kier molecular flexibility index (Phi) is 3.95. The van der Waals surface area contributed by atoms with Crippen LogP contribution in [-0.4, -0.2) is 17.5 Å². The zero-order valence-electron chi connectivity index (χ0n) is 8.07. The lowest BCUT2D eigenvalue weighted by Crippen LogP contribution is -2.05. The first-order chi connectivity index (χ1) is 6.63. The van der Waals surface area contributed by atoms with E-state index in [-0.39, 0.29) is 6.10 Å². The van der Waals surface area contributed by atoms with E-state index in [9.17, 15) is 0 Å². The van der Waals surface area contributed by atoms with Gasteiger partial charge in [-0.15, -0.1) is 0 Å². The van der Waals surface area contributed by atoms with Crippen molar-refractivity contribution in [3.63, 3.8) is 0 Å². The highest BCUT2D eigenvalue weighted by Crippen LogP contribution is 2.26. The quantitative estimate of drug-likeness (QED) is 0.514. The molecule has 0 aromatic heterocycles. The SMILES string of the molecule is CC(C)Oc1ccc(/C=N\O)cc1Br. The summed E-state index contributed by atoms with van der Waals surface area (Å²) in [6, 6.07) is 5.49. The maximum Gasteiger partial charge on any atom is 0.133 e. The zero-order chi connectivity index (χ0) is 10.6. The summed E-state index contributed by atoms with van der Waals surface area (Å²) >= 11 is 3.38. The molecule has 1 N–H and O–H groups in total. The molecule has 0 atom stereocenters. The lowest BCUT2D eigenvalue weighted by Gasteiger charge is -2.11. The van der Waals surface area contributed by atoms with Crippen LogP contribution in [0.25, 0.3) is 0 Å². The van der Waals surface area contributed by atoms with Crippen molar-refractivity contribution in [2.24, 2.45) is 5.16 Å². The van der Waals surface area contributed by atoms with Crippen molar-refractivity contribution in [2.45, 2.75) is 20.0 Å². The molecule has 0 unspecified atom stereocenters. The molecule has 1 aromatic carbocycles. The van der Waals surface area contributed by atoms with Gasteiger partial charge in [0.1, 0.15) is 5.75 Å². The summed E-state index contributed by atoms with van der Waals surface area (Å²) in [6.07, 6.45) is 1.51. The molecule has 3 nitrogen and oxygen atoms in total. The molecule has 0 saturated carbocycles. The van der Waals surface area contributed by atoms with Gasteiger partial charge in [-0.3, -0.25) is 0 Å². The van der Waals surface area contributed by atoms with Crippen molar-refractivity contribution in [3.05, 3.63) is 28.2 Å². The summed E-state index contributed by atoms with van der Waals surface area (Å²) in [4.78, 5) is 0. The number of benzene rings is 1. The molecule has 0 aliphatic carbocycles. The van der Waals surface area contributed by atoms with Crippen LogP contribution in [0.4, 0.5) is 0 Å². The molecule has 1 aromatic rings. The topological polar surface area (TPSA) is 41.8 Å². The molecule has 4 heteroatoms. The third-order valence-electron chi connectivity index (χ3n) is 1.53. The number of rotatable bonds is 3. The van der Waals surface area contributed by atoms with Crippen molar-refractivity contribution in [3.8, 4) is 5.75 Å². The highest BCUT2D eigenvalue weighted by molar-refractivity contribution is 9.10. The number of halogens is 1. The fraction of sp³-hybridized carbons (Fsp3) is 0.300. The van der Waals surface area contributed by atoms with Gasteiger partial charge in [-0.05, 0) is 53.5 Å². The molecule has 0 aliphatic heterocycles. The molecule has 0 spiro atoms. The van der Waals surface area contributed by atoms with Crippen LogP contribution in [0.15, 0.2) is 27.8 Å². The lowest BCUT2D eigenvalue weighted by molar-refractivity contribution is 0.241. The van der Waals surface area contributed by atoms with E-state index in [1.807, 2.05) is 32.0 Å². The zero-order valence-corrected chi connectivity index (χ0v) is 9.65. The summed E-state index contributed by atoms with van der Waals surface area (Å²) in [6.45, 7) is 3.94. The molecule has 76 valence electrons. The van der Waals surface area contributed by atoms with Crippen LogP contribution in [0, 0.1) is 0 Å². The summed E-state index contributed by atoms with van der Waals surface area (Å²) in [7, 11) is 0. The first-order valence-corrected chi connectivity index (χ1v) is 5.06. The van der Waals surface area contributed by atoms with Crippen LogP contribution in [0.1, 0.15) is 19.4 Å². The van der Waals surface area contributed by atoms with E-state index in [0.717, 1.165) is 15.8 Å². The van der Waals surface area contributed by atoms with Gasteiger partial charge in [0, 0.05) is 0 Å². The van der Waals surface area contributed by atoms with Crippen LogP contribution in [0.2, 0.25) is 0 Å².